The van der Waals surface area contributed by atoms with E-state index in [4.69, 9.17) is 11.5 Å². The van der Waals surface area contributed by atoms with Crippen LogP contribution >= 0.6 is 0 Å². The van der Waals surface area contributed by atoms with Gasteiger partial charge in [0.2, 0.25) is 0 Å². The second-order valence-electron chi connectivity index (χ2n) is 3.48. The second kappa shape index (κ2) is 3.70. The number of nitrogens with zero attached hydrogens (tertiary/aromatic N) is 2. The summed E-state index contributed by atoms with van der Waals surface area (Å²) in [4.78, 5) is 8.18. The Kier molecular flexibility index (Phi) is 2.39. The molecule has 78 valence electrons. The van der Waals surface area contributed by atoms with Crippen molar-refractivity contribution in [2.75, 3.05) is 0 Å². The smallest absolute Gasteiger partial charge is 0.188 e. The summed E-state index contributed by atoms with van der Waals surface area (Å²) in [6, 6.07) is 3.82. The molecule has 0 radical (unpaired) electrons. The van der Waals surface area contributed by atoms with Gasteiger partial charge in [0, 0.05) is 25.0 Å². The van der Waals surface area contributed by atoms with Crippen molar-refractivity contribution in [3.05, 3.63) is 42.4 Å². The van der Waals surface area contributed by atoms with Gasteiger partial charge in [0.05, 0.1) is 0 Å². The van der Waals surface area contributed by atoms with Gasteiger partial charge in [-0.1, -0.05) is 6.07 Å². The number of rotatable bonds is 2. The Morgan fingerprint density at radius 3 is 3.00 bits per heavy atom. The Bertz CT molecular complexity index is 398. The highest BCUT2D eigenvalue weighted by Gasteiger charge is 2.24. The van der Waals surface area contributed by atoms with Crippen LogP contribution in [0.4, 0.5) is 0 Å². The molecule has 0 amide bonds. The lowest BCUT2D eigenvalue weighted by molar-refractivity contribution is 0.390. The number of aliphatic imine (C=N–C) groups is 1. The number of pyridine rings is 1. The molecule has 5 heteroatoms. The zero-order chi connectivity index (χ0) is 10.7. The quantitative estimate of drug-likeness (QED) is 0.616. The van der Waals surface area contributed by atoms with E-state index in [9.17, 15) is 0 Å². The Balaban J connectivity index is 2.16. The molecule has 0 spiro atoms. The number of amidine groups is 1. The van der Waals surface area contributed by atoms with E-state index in [1.54, 1.807) is 24.7 Å². The van der Waals surface area contributed by atoms with Crippen LogP contribution in [0.1, 0.15) is 5.56 Å². The molecule has 0 saturated heterocycles. The number of hydrogen-bond donors (Lipinski definition) is 3. The molecule has 15 heavy (non-hydrogen) atoms. The average Bonchev–Trinajstić information content (AvgIpc) is 2.18. The Morgan fingerprint density at radius 2 is 2.33 bits per heavy atom. The SMILES string of the molecule is NC1=NC(N)(Cc2cccnc2)NC=C1. The first kappa shape index (κ1) is 9.67. The van der Waals surface area contributed by atoms with Crippen molar-refractivity contribution in [3.8, 4) is 0 Å². The topological polar surface area (TPSA) is 89.3 Å². The minimum Gasteiger partial charge on any atom is -0.384 e. The van der Waals surface area contributed by atoms with Crippen LogP contribution in [-0.4, -0.2) is 16.6 Å². The normalized spacial score (nSPS) is 24.5. The van der Waals surface area contributed by atoms with Crippen LogP contribution in [-0.2, 0) is 6.42 Å². The highest BCUT2D eigenvalue weighted by atomic mass is 15.3. The minimum atomic E-state index is -0.859. The van der Waals surface area contributed by atoms with E-state index in [2.05, 4.69) is 15.3 Å². The predicted molar refractivity (Wildman–Crippen MR) is 58.8 cm³/mol. The third kappa shape index (κ3) is 2.32. The monoisotopic (exact) mass is 203 g/mol. The van der Waals surface area contributed by atoms with Gasteiger partial charge in [-0.15, -0.1) is 0 Å². The standard InChI is InChI=1S/C10H13N5/c11-9-3-5-14-10(12,15-9)6-8-2-1-4-13-7-8/h1-5,7,14H,6,12H2,(H2,11,15). The number of aromatic nitrogens is 1. The first-order valence-electron chi connectivity index (χ1n) is 4.65. The first-order valence-corrected chi connectivity index (χ1v) is 4.65. The van der Waals surface area contributed by atoms with Gasteiger partial charge in [-0.3, -0.25) is 10.7 Å². The predicted octanol–water partition coefficient (Wildman–Crippen LogP) is -0.289. The molecule has 0 fully saturated rings. The van der Waals surface area contributed by atoms with Crippen molar-refractivity contribution >= 4 is 5.84 Å². The van der Waals surface area contributed by atoms with Crippen molar-refractivity contribution in [2.45, 2.75) is 12.2 Å². The molecule has 5 N–H and O–H groups in total. The highest BCUT2D eigenvalue weighted by molar-refractivity contribution is 5.92. The van der Waals surface area contributed by atoms with Crippen molar-refractivity contribution in [3.63, 3.8) is 0 Å². The summed E-state index contributed by atoms with van der Waals surface area (Å²) in [7, 11) is 0. The van der Waals surface area contributed by atoms with Crippen molar-refractivity contribution in [1.29, 1.82) is 0 Å². The molecule has 0 aliphatic carbocycles. The lowest BCUT2D eigenvalue weighted by Gasteiger charge is -2.28. The molecule has 5 nitrogen and oxygen atoms in total. The van der Waals surface area contributed by atoms with E-state index in [0.29, 0.717) is 12.3 Å². The van der Waals surface area contributed by atoms with E-state index in [0.717, 1.165) is 5.56 Å². The van der Waals surface area contributed by atoms with Gasteiger partial charge in [0.25, 0.3) is 0 Å². The second-order valence-corrected chi connectivity index (χ2v) is 3.48. The Labute approximate surface area is 87.9 Å². The average molecular weight is 203 g/mol. The van der Waals surface area contributed by atoms with E-state index in [1.165, 1.54) is 0 Å². The molecule has 1 aromatic rings. The van der Waals surface area contributed by atoms with Crippen molar-refractivity contribution in [1.82, 2.24) is 10.3 Å². The van der Waals surface area contributed by atoms with Gasteiger partial charge in [0.15, 0.2) is 5.79 Å². The molecule has 1 aromatic heterocycles. The summed E-state index contributed by atoms with van der Waals surface area (Å²) in [5, 5.41) is 2.98. The largest absolute Gasteiger partial charge is 0.384 e. The van der Waals surface area contributed by atoms with Gasteiger partial charge < -0.3 is 11.1 Å². The summed E-state index contributed by atoms with van der Waals surface area (Å²) in [6.45, 7) is 0. The van der Waals surface area contributed by atoms with Crippen molar-refractivity contribution in [2.24, 2.45) is 16.5 Å². The van der Waals surface area contributed by atoms with Gasteiger partial charge in [0.1, 0.15) is 5.84 Å². The molecule has 1 atom stereocenters. The maximum absolute atomic E-state index is 6.02. The van der Waals surface area contributed by atoms with Crippen molar-refractivity contribution < 1.29 is 0 Å². The number of hydrogen-bond acceptors (Lipinski definition) is 5. The third-order valence-electron chi connectivity index (χ3n) is 2.11. The first-order chi connectivity index (χ1) is 7.18. The molecule has 1 aliphatic rings. The summed E-state index contributed by atoms with van der Waals surface area (Å²) in [5.74, 6) is -0.429. The maximum atomic E-state index is 6.02. The third-order valence-corrected chi connectivity index (χ3v) is 2.11. The van der Waals surface area contributed by atoms with Gasteiger partial charge >= 0.3 is 0 Å². The van der Waals surface area contributed by atoms with Crippen LogP contribution in [0.25, 0.3) is 0 Å². The van der Waals surface area contributed by atoms with Crippen LogP contribution in [0.5, 0.6) is 0 Å². The zero-order valence-corrected chi connectivity index (χ0v) is 8.22. The summed E-state index contributed by atoms with van der Waals surface area (Å²) >= 11 is 0. The van der Waals surface area contributed by atoms with Crippen LogP contribution < -0.4 is 16.8 Å². The number of nitrogens with two attached hydrogens (primary N) is 2. The van der Waals surface area contributed by atoms with Crippen LogP contribution in [0.2, 0.25) is 0 Å². The van der Waals surface area contributed by atoms with E-state index >= 15 is 0 Å². The van der Waals surface area contributed by atoms with E-state index in [-0.39, 0.29) is 0 Å². The molecule has 2 rings (SSSR count). The van der Waals surface area contributed by atoms with E-state index in [1.807, 2.05) is 12.1 Å². The summed E-state index contributed by atoms with van der Waals surface area (Å²) in [5.41, 5.74) is 12.6. The fourth-order valence-electron chi connectivity index (χ4n) is 1.48. The molecule has 1 unspecified atom stereocenters. The molecule has 2 heterocycles. The van der Waals surface area contributed by atoms with Crippen LogP contribution in [0, 0.1) is 0 Å². The maximum Gasteiger partial charge on any atom is 0.188 e. The fourth-order valence-corrected chi connectivity index (χ4v) is 1.48. The Morgan fingerprint density at radius 1 is 1.47 bits per heavy atom. The minimum absolute atomic E-state index is 0.431. The zero-order valence-electron chi connectivity index (χ0n) is 8.22. The van der Waals surface area contributed by atoms with E-state index < -0.39 is 5.79 Å². The number of nitrogens with one attached hydrogen (secondary N) is 1. The van der Waals surface area contributed by atoms with Gasteiger partial charge in [-0.25, -0.2) is 4.99 Å². The lowest BCUT2D eigenvalue weighted by Crippen LogP contribution is -2.54. The molecule has 0 aromatic carbocycles. The molecular formula is C10H13N5. The summed E-state index contributed by atoms with van der Waals surface area (Å²) in [6.07, 6.45) is 7.41. The highest BCUT2D eigenvalue weighted by Crippen LogP contribution is 2.11. The molecular weight excluding hydrogens is 190 g/mol. The summed E-state index contributed by atoms with van der Waals surface area (Å²) < 4.78 is 0. The van der Waals surface area contributed by atoms with Gasteiger partial charge in [-0.2, -0.15) is 0 Å². The molecule has 0 saturated carbocycles. The molecule has 0 bridgehead atoms. The van der Waals surface area contributed by atoms with Crippen LogP contribution in [0.3, 0.4) is 0 Å². The van der Waals surface area contributed by atoms with Gasteiger partial charge in [-0.05, 0) is 17.7 Å². The lowest BCUT2D eigenvalue weighted by atomic mass is 10.1. The fraction of sp³-hybridized carbons (Fsp3) is 0.200. The Hall–Kier alpha value is -1.88. The molecule has 1 aliphatic heterocycles. The van der Waals surface area contributed by atoms with Crippen LogP contribution in [0.15, 0.2) is 41.8 Å².